The Kier molecular flexibility index (Phi) is 7.43. The van der Waals surface area contributed by atoms with E-state index in [2.05, 4.69) is 24.9 Å². The number of nitrogens with zero attached hydrogens (tertiary/aromatic N) is 5. The van der Waals surface area contributed by atoms with Gasteiger partial charge in [-0.1, -0.05) is 12.1 Å². The maximum Gasteiger partial charge on any atom is 0.239 e. The van der Waals surface area contributed by atoms with Gasteiger partial charge in [-0.25, -0.2) is 9.37 Å². The van der Waals surface area contributed by atoms with Crippen molar-refractivity contribution in [3.63, 3.8) is 0 Å². The number of pyridine rings is 2. The molecule has 11 heteroatoms. The lowest BCUT2D eigenvalue weighted by atomic mass is 10.2. The summed E-state index contributed by atoms with van der Waals surface area (Å²) < 4.78 is 34.6. The molecule has 4 aromatic rings. The Morgan fingerprint density at radius 1 is 0.941 bits per heavy atom. The molecular formula is C23H23FN6O3S. The predicted molar refractivity (Wildman–Crippen MR) is 128 cm³/mol. The first-order valence-corrected chi connectivity index (χ1v) is 11.3. The van der Waals surface area contributed by atoms with E-state index in [1.807, 2.05) is 30.3 Å². The van der Waals surface area contributed by atoms with Gasteiger partial charge in [0.05, 0.1) is 27.5 Å². The summed E-state index contributed by atoms with van der Waals surface area (Å²) in [6.45, 7) is 0. The molecule has 3 heterocycles. The molecule has 0 fully saturated rings. The summed E-state index contributed by atoms with van der Waals surface area (Å²) in [4.78, 5) is 8.61. The molecule has 9 nitrogen and oxygen atoms in total. The van der Waals surface area contributed by atoms with Crippen molar-refractivity contribution < 1.29 is 18.6 Å². The summed E-state index contributed by atoms with van der Waals surface area (Å²) in [6, 6.07) is 14.0. The average Bonchev–Trinajstić information content (AvgIpc) is 3.30. The molecule has 0 aliphatic heterocycles. The molecule has 0 spiro atoms. The minimum Gasteiger partial charge on any atom is -0.494 e. The fourth-order valence-corrected chi connectivity index (χ4v) is 3.93. The number of aromatic nitrogens is 5. The fraction of sp³-hybridized carbons (Fsp3) is 0.217. The van der Waals surface area contributed by atoms with Crippen molar-refractivity contribution in [1.29, 1.82) is 0 Å². The van der Waals surface area contributed by atoms with Crippen molar-refractivity contribution in [2.24, 2.45) is 0 Å². The van der Waals surface area contributed by atoms with Crippen LogP contribution >= 0.6 is 11.9 Å². The molecule has 0 saturated heterocycles. The number of rotatable bonds is 10. The zero-order valence-electron chi connectivity index (χ0n) is 18.9. The van der Waals surface area contributed by atoms with Gasteiger partial charge in [0.2, 0.25) is 11.8 Å². The van der Waals surface area contributed by atoms with Crippen LogP contribution in [0.5, 0.6) is 17.4 Å². The van der Waals surface area contributed by atoms with Gasteiger partial charge in [0, 0.05) is 23.9 Å². The molecule has 176 valence electrons. The molecule has 0 atom stereocenters. The first kappa shape index (κ1) is 23.3. The minimum absolute atomic E-state index is 0.355. The third-order valence-electron chi connectivity index (χ3n) is 4.86. The van der Waals surface area contributed by atoms with E-state index in [1.165, 1.54) is 24.2 Å². The Labute approximate surface area is 200 Å². The van der Waals surface area contributed by atoms with Crippen molar-refractivity contribution in [1.82, 2.24) is 24.7 Å². The van der Waals surface area contributed by atoms with Gasteiger partial charge in [-0.2, -0.15) is 0 Å². The first-order chi connectivity index (χ1) is 16.6. The van der Waals surface area contributed by atoms with E-state index in [-0.39, 0.29) is 5.82 Å². The highest BCUT2D eigenvalue weighted by atomic mass is 32.2. The molecule has 4 rings (SSSR count). The predicted octanol–water partition coefficient (Wildman–Crippen LogP) is 4.19. The van der Waals surface area contributed by atoms with Crippen molar-refractivity contribution in [3.8, 4) is 34.6 Å². The number of hydrogen-bond donors (Lipinski definition) is 1. The number of benzene rings is 1. The first-order valence-electron chi connectivity index (χ1n) is 10.3. The van der Waals surface area contributed by atoms with E-state index in [0.717, 1.165) is 5.69 Å². The molecule has 3 aromatic heterocycles. The van der Waals surface area contributed by atoms with Gasteiger partial charge < -0.3 is 14.2 Å². The molecule has 0 radical (unpaired) electrons. The Morgan fingerprint density at radius 2 is 1.71 bits per heavy atom. The molecule has 34 heavy (non-hydrogen) atoms. The number of nitrogens with one attached hydrogen (secondary N) is 1. The molecule has 0 aliphatic rings. The summed E-state index contributed by atoms with van der Waals surface area (Å²) in [5.74, 6) is 2.85. The smallest absolute Gasteiger partial charge is 0.239 e. The van der Waals surface area contributed by atoms with Gasteiger partial charge in [0.15, 0.2) is 5.82 Å². The lowest BCUT2D eigenvalue weighted by molar-refractivity contribution is 0.391. The zero-order chi connectivity index (χ0) is 23.9. The van der Waals surface area contributed by atoms with E-state index >= 15 is 0 Å². The highest BCUT2D eigenvalue weighted by Gasteiger charge is 2.23. The topological polar surface area (TPSA) is 96.2 Å². The lowest BCUT2D eigenvalue weighted by Gasteiger charge is -2.17. The number of ether oxygens (including phenoxy) is 3. The van der Waals surface area contributed by atoms with Crippen molar-refractivity contribution in [2.75, 3.05) is 31.8 Å². The van der Waals surface area contributed by atoms with Gasteiger partial charge in [0.25, 0.3) is 0 Å². The molecule has 0 amide bonds. The molecular weight excluding hydrogens is 459 g/mol. The number of halogens is 1. The van der Waals surface area contributed by atoms with E-state index in [0.29, 0.717) is 52.7 Å². The highest BCUT2D eigenvalue weighted by Crippen LogP contribution is 2.37. The summed E-state index contributed by atoms with van der Waals surface area (Å²) >= 11 is 1.42. The number of anilines is 1. The number of para-hydroxylation sites is 1. The van der Waals surface area contributed by atoms with Crippen molar-refractivity contribution in [3.05, 3.63) is 66.2 Å². The molecule has 0 unspecified atom stereocenters. The number of aryl methyl sites for hydroxylation is 1. The average molecular weight is 483 g/mol. The molecule has 0 saturated carbocycles. The van der Waals surface area contributed by atoms with Crippen LogP contribution in [0.1, 0.15) is 5.69 Å². The normalized spacial score (nSPS) is 10.7. The van der Waals surface area contributed by atoms with E-state index in [1.54, 1.807) is 38.0 Å². The van der Waals surface area contributed by atoms with Crippen molar-refractivity contribution >= 4 is 17.9 Å². The third-order valence-corrected chi connectivity index (χ3v) is 5.60. The SMILES string of the molecule is COc1cccc(-c2nnc(NSCCc3ccc(F)cn3)n2-c2c(OC)cccc2OC)n1. The highest BCUT2D eigenvalue weighted by molar-refractivity contribution is 8.00. The maximum absolute atomic E-state index is 13.1. The van der Waals surface area contributed by atoms with Crippen molar-refractivity contribution in [2.45, 2.75) is 6.42 Å². The second-order valence-electron chi connectivity index (χ2n) is 6.93. The van der Waals surface area contributed by atoms with Crippen LogP contribution in [0.25, 0.3) is 17.2 Å². The van der Waals surface area contributed by atoms with Gasteiger partial charge in [-0.15, -0.1) is 10.2 Å². The van der Waals surface area contributed by atoms with Crippen LogP contribution in [0.3, 0.4) is 0 Å². The van der Waals surface area contributed by atoms with Crippen LogP contribution in [-0.4, -0.2) is 51.8 Å². The van der Waals surface area contributed by atoms with Crippen LogP contribution in [0, 0.1) is 5.82 Å². The summed E-state index contributed by atoms with van der Waals surface area (Å²) in [5, 5.41) is 8.74. The largest absolute Gasteiger partial charge is 0.494 e. The van der Waals surface area contributed by atoms with Crippen LogP contribution in [0.4, 0.5) is 10.3 Å². The van der Waals surface area contributed by atoms with Gasteiger partial charge in [-0.05, 0) is 42.3 Å². The molecule has 1 aromatic carbocycles. The minimum atomic E-state index is -0.355. The lowest BCUT2D eigenvalue weighted by Crippen LogP contribution is -2.07. The molecule has 0 aliphatic carbocycles. The summed E-state index contributed by atoms with van der Waals surface area (Å²) in [7, 11) is 4.73. The maximum atomic E-state index is 13.1. The van der Waals surface area contributed by atoms with E-state index < -0.39 is 0 Å². The number of hydrogen-bond acceptors (Lipinski definition) is 9. The monoisotopic (exact) mass is 482 g/mol. The second-order valence-corrected chi connectivity index (χ2v) is 7.83. The van der Waals surface area contributed by atoms with Gasteiger partial charge in [-0.3, -0.25) is 14.3 Å². The Balaban J connectivity index is 1.68. The van der Waals surface area contributed by atoms with E-state index in [4.69, 9.17) is 14.2 Å². The Bertz CT molecular complexity index is 1230. The van der Waals surface area contributed by atoms with Crippen LogP contribution < -0.4 is 18.9 Å². The third kappa shape index (κ3) is 5.04. The number of methoxy groups -OCH3 is 3. The fourth-order valence-electron chi connectivity index (χ4n) is 3.26. The standard InChI is InChI=1S/C23H23FN6O3S/c1-31-18-7-5-8-19(32-2)21(18)30-22(17-6-4-9-20(26-17)33-3)27-28-23(30)29-34-13-12-16-11-10-15(24)14-25-16/h4-11,14H,12-13H2,1-3H3,(H,28,29). The quantitative estimate of drug-likeness (QED) is 0.264. The Hall–Kier alpha value is -3.86. The van der Waals surface area contributed by atoms with Crippen LogP contribution in [-0.2, 0) is 6.42 Å². The summed E-state index contributed by atoms with van der Waals surface area (Å²) in [5.41, 5.74) is 1.98. The van der Waals surface area contributed by atoms with Crippen LogP contribution in [0.2, 0.25) is 0 Å². The van der Waals surface area contributed by atoms with Crippen LogP contribution in [0.15, 0.2) is 54.7 Å². The van der Waals surface area contributed by atoms with E-state index in [9.17, 15) is 4.39 Å². The Morgan fingerprint density at radius 3 is 2.38 bits per heavy atom. The molecule has 0 bridgehead atoms. The molecule has 1 N–H and O–H groups in total. The van der Waals surface area contributed by atoms with Gasteiger partial charge >= 0.3 is 0 Å². The zero-order valence-corrected chi connectivity index (χ0v) is 19.7. The van der Waals surface area contributed by atoms with Gasteiger partial charge in [0.1, 0.15) is 28.7 Å². The summed E-state index contributed by atoms with van der Waals surface area (Å²) in [6.07, 6.45) is 1.86. The second kappa shape index (κ2) is 10.8.